The minimum atomic E-state index is -4.67. The lowest BCUT2D eigenvalue weighted by Crippen LogP contribution is -2.38. The van der Waals surface area contributed by atoms with Crippen LogP contribution in [-0.4, -0.2) is 51.0 Å². The van der Waals surface area contributed by atoms with Gasteiger partial charge in [0.15, 0.2) is 0 Å². The van der Waals surface area contributed by atoms with E-state index in [1.165, 1.54) is 12.1 Å². The number of carbonyl (C=O) groups excluding carboxylic acids is 2. The summed E-state index contributed by atoms with van der Waals surface area (Å²) in [5.41, 5.74) is -0.851. The van der Waals surface area contributed by atoms with Gasteiger partial charge in [-0.25, -0.2) is 8.42 Å². The molecule has 1 fully saturated rings. The predicted octanol–water partition coefficient (Wildman–Crippen LogP) is 4.13. The first-order chi connectivity index (χ1) is 16.0. The van der Waals surface area contributed by atoms with Crippen molar-refractivity contribution in [1.29, 1.82) is 0 Å². The second-order valence-electron chi connectivity index (χ2n) is 8.12. The van der Waals surface area contributed by atoms with Gasteiger partial charge in [0.2, 0.25) is 15.9 Å². The van der Waals surface area contributed by atoms with E-state index in [1.54, 1.807) is 23.1 Å². The van der Waals surface area contributed by atoms with Gasteiger partial charge in [-0.3, -0.25) is 13.9 Å². The summed E-state index contributed by atoms with van der Waals surface area (Å²) in [6.45, 7) is 0.462. The van der Waals surface area contributed by atoms with Crippen LogP contribution in [0, 0.1) is 0 Å². The summed E-state index contributed by atoms with van der Waals surface area (Å²) < 4.78 is 64.5. The number of amides is 2. The van der Waals surface area contributed by atoms with Gasteiger partial charge in [-0.05, 0) is 43.2 Å². The summed E-state index contributed by atoms with van der Waals surface area (Å²) in [4.78, 5) is 27.5. The molecule has 7 nitrogen and oxygen atoms in total. The molecular formula is C23H26F3N3O4S. The van der Waals surface area contributed by atoms with E-state index in [9.17, 15) is 31.2 Å². The molecule has 0 aliphatic carbocycles. The van der Waals surface area contributed by atoms with Gasteiger partial charge in [-0.15, -0.1) is 0 Å². The van der Waals surface area contributed by atoms with Gasteiger partial charge < -0.3 is 10.2 Å². The average Bonchev–Trinajstić information content (AvgIpc) is 3.06. The van der Waals surface area contributed by atoms with Gasteiger partial charge in [-0.1, -0.05) is 31.0 Å². The molecule has 1 heterocycles. The van der Waals surface area contributed by atoms with E-state index < -0.39 is 34.2 Å². The second kappa shape index (κ2) is 10.5. The summed E-state index contributed by atoms with van der Waals surface area (Å²) >= 11 is 0. The van der Waals surface area contributed by atoms with E-state index in [2.05, 4.69) is 5.32 Å². The van der Waals surface area contributed by atoms with Crippen molar-refractivity contribution >= 4 is 33.2 Å². The summed E-state index contributed by atoms with van der Waals surface area (Å²) in [5.74, 6) is -1.03. The highest BCUT2D eigenvalue weighted by Crippen LogP contribution is 2.32. The highest BCUT2D eigenvalue weighted by Gasteiger charge is 2.32. The quantitative estimate of drug-likeness (QED) is 0.650. The maximum atomic E-state index is 13.1. The van der Waals surface area contributed by atoms with Crippen molar-refractivity contribution in [3.05, 3.63) is 59.7 Å². The molecule has 1 aliphatic heterocycles. The van der Waals surface area contributed by atoms with Crippen molar-refractivity contribution < 1.29 is 31.2 Å². The zero-order chi connectivity index (χ0) is 24.9. The van der Waals surface area contributed by atoms with Crippen molar-refractivity contribution in [3.63, 3.8) is 0 Å². The molecule has 1 saturated heterocycles. The lowest BCUT2D eigenvalue weighted by molar-refractivity contribution is -0.137. The first-order valence-corrected chi connectivity index (χ1v) is 12.6. The third kappa shape index (κ3) is 6.49. The average molecular weight is 498 g/mol. The van der Waals surface area contributed by atoms with E-state index in [1.807, 2.05) is 0 Å². The van der Waals surface area contributed by atoms with Crippen LogP contribution in [0.1, 0.15) is 41.6 Å². The predicted molar refractivity (Wildman–Crippen MR) is 123 cm³/mol. The summed E-state index contributed by atoms with van der Waals surface area (Å²) in [7, 11) is -4.09. The Hall–Kier alpha value is -3.08. The number of alkyl halides is 3. The molecule has 0 atom stereocenters. The molecule has 1 N–H and O–H groups in total. The molecule has 0 radical (unpaired) electrons. The number of carbonyl (C=O) groups is 2. The molecule has 0 unspecified atom stereocenters. The third-order valence-electron chi connectivity index (χ3n) is 5.47. The van der Waals surface area contributed by atoms with Gasteiger partial charge in [0, 0.05) is 13.1 Å². The summed E-state index contributed by atoms with van der Waals surface area (Å²) in [6, 6.07) is 10.1. The van der Waals surface area contributed by atoms with Gasteiger partial charge in [0.1, 0.15) is 6.54 Å². The first kappa shape index (κ1) is 25.5. The number of halogens is 3. The maximum absolute atomic E-state index is 13.1. The first-order valence-electron chi connectivity index (χ1n) is 10.8. The Morgan fingerprint density at radius 2 is 1.65 bits per heavy atom. The van der Waals surface area contributed by atoms with Crippen LogP contribution in [0.3, 0.4) is 0 Å². The van der Waals surface area contributed by atoms with Gasteiger partial charge in [0.05, 0.1) is 28.8 Å². The molecule has 11 heteroatoms. The summed E-state index contributed by atoms with van der Waals surface area (Å²) in [5, 5.41) is 2.55. The lowest BCUT2D eigenvalue weighted by Gasteiger charge is -2.24. The van der Waals surface area contributed by atoms with E-state index in [0.29, 0.717) is 23.5 Å². The topological polar surface area (TPSA) is 86.8 Å². The largest absolute Gasteiger partial charge is 0.416 e. The molecule has 34 heavy (non-hydrogen) atoms. The van der Waals surface area contributed by atoms with Crippen molar-refractivity contribution in [2.45, 2.75) is 31.9 Å². The number of benzene rings is 2. The number of anilines is 2. The Labute approximate surface area is 196 Å². The second-order valence-corrected chi connectivity index (χ2v) is 10.0. The number of sulfonamides is 1. The molecule has 184 valence electrons. The van der Waals surface area contributed by atoms with Crippen LogP contribution in [0.5, 0.6) is 0 Å². The van der Waals surface area contributed by atoms with Crippen LogP contribution in [0.2, 0.25) is 0 Å². The van der Waals surface area contributed by atoms with Crippen molar-refractivity contribution in [2.75, 3.05) is 35.5 Å². The fourth-order valence-electron chi connectivity index (χ4n) is 3.78. The number of hydrogen-bond donors (Lipinski definition) is 1. The van der Waals surface area contributed by atoms with E-state index in [4.69, 9.17) is 0 Å². The minimum absolute atomic E-state index is 0.208. The molecule has 2 aromatic rings. The Balaban J connectivity index is 1.82. The zero-order valence-electron chi connectivity index (χ0n) is 18.6. The smallest absolute Gasteiger partial charge is 0.339 e. The van der Waals surface area contributed by atoms with Crippen molar-refractivity contribution in [3.8, 4) is 0 Å². The van der Waals surface area contributed by atoms with Crippen LogP contribution >= 0.6 is 0 Å². The number of rotatable bonds is 6. The molecule has 2 aromatic carbocycles. The standard InChI is InChI=1S/C23H26F3N3O4S/c1-34(32,33)29(18-10-8-9-17(15-18)23(24,25)26)16-21(30)27-20-12-5-4-11-19(20)22(31)28-13-6-2-3-7-14-28/h4-5,8-12,15H,2-3,6-7,13-14,16H2,1H3,(H,27,30). The van der Waals surface area contributed by atoms with Crippen molar-refractivity contribution in [1.82, 2.24) is 4.90 Å². The Morgan fingerprint density at radius 3 is 2.26 bits per heavy atom. The number of likely N-dealkylation sites (tertiary alicyclic amines) is 1. The maximum Gasteiger partial charge on any atom is 0.416 e. The molecule has 0 bridgehead atoms. The Kier molecular flexibility index (Phi) is 7.86. The van der Waals surface area contributed by atoms with Gasteiger partial charge in [0.25, 0.3) is 5.91 Å². The zero-order valence-corrected chi connectivity index (χ0v) is 19.5. The van der Waals surface area contributed by atoms with Crippen LogP contribution in [0.15, 0.2) is 48.5 Å². The SMILES string of the molecule is CS(=O)(=O)N(CC(=O)Nc1ccccc1C(=O)N1CCCCCC1)c1cccc(C(F)(F)F)c1. The molecule has 0 aromatic heterocycles. The third-order valence-corrected chi connectivity index (χ3v) is 6.61. The number of hydrogen-bond acceptors (Lipinski definition) is 4. The number of para-hydroxylation sites is 1. The Bertz CT molecular complexity index is 1140. The van der Waals surface area contributed by atoms with Crippen LogP contribution in [0.4, 0.5) is 24.5 Å². The van der Waals surface area contributed by atoms with Crippen LogP contribution in [-0.2, 0) is 21.0 Å². The van der Waals surface area contributed by atoms with Crippen LogP contribution < -0.4 is 9.62 Å². The molecular weight excluding hydrogens is 471 g/mol. The van der Waals surface area contributed by atoms with Gasteiger partial charge >= 0.3 is 6.18 Å². The fourth-order valence-corrected chi connectivity index (χ4v) is 4.63. The highest BCUT2D eigenvalue weighted by atomic mass is 32.2. The summed E-state index contributed by atoms with van der Waals surface area (Å²) in [6.07, 6.45) is -0.00929. The number of nitrogens with one attached hydrogen (secondary N) is 1. The van der Waals surface area contributed by atoms with Crippen LogP contribution in [0.25, 0.3) is 0 Å². The van der Waals surface area contributed by atoms with E-state index in [0.717, 1.165) is 44.1 Å². The normalized spacial score (nSPS) is 14.9. The highest BCUT2D eigenvalue weighted by molar-refractivity contribution is 7.92. The minimum Gasteiger partial charge on any atom is -0.339 e. The van der Waals surface area contributed by atoms with E-state index in [-0.39, 0.29) is 22.8 Å². The molecule has 0 saturated carbocycles. The van der Waals surface area contributed by atoms with Crippen molar-refractivity contribution in [2.24, 2.45) is 0 Å². The van der Waals surface area contributed by atoms with Gasteiger partial charge in [-0.2, -0.15) is 13.2 Å². The molecule has 0 spiro atoms. The number of nitrogens with zero attached hydrogens (tertiary/aromatic N) is 2. The fraction of sp³-hybridized carbons (Fsp3) is 0.391. The van der Waals surface area contributed by atoms with E-state index >= 15 is 0 Å². The Morgan fingerprint density at radius 1 is 1.00 bits per heavy atom. The lowest BCUT2D eigenvalue weighted by atomic mass is 10.1. The molecule has 3 rings (SSSR count). The molecule has 1 aliphatic rings. The molecule has 2 amide bonds. The monoisotopic (exact) mass is 497 g/mol.